The second kappa shape index (κ2) is 6.17. The molecule has 0 radical (unpaired) electrons. The van der Waals surface area contributed by atoms with Crippen LogP contribution in [0.5, 0.6) is 0 Å². The summed E-state index contributed by atoms with van der Waals surface area (Å²) < 4.78 is 0. The summed E-state index contributed by atoms with van der Waals surface area (Å²) in [5.74, 6) is 0. The number of unbranched alkanes of at least 4 members (excludes halogenated alkanes) is 1. The third kappa shape index (κ3) is 2.80. The summed E-state index contributed by atoms with van der Waals surface area (Å²) in [4.78, 5) is 0. The first-order valence-corrected chi connectivity index (χ1v) is 6.79. The van der Waals surface area contributed by atoms with Gasteiger partial charge in [-0.3, -0.25) is 0 Å². The number of rotatable bonds is 3. The fourth-order valence-corrected chi connectivity index (χ4v) is 2.62. The summed E-state index contributed by atoms with van der Waals surface area (Å²) in [5, 5.41) is 5.46. The summed E-state index contributed by atoms with van der Waals surface area (Å²) in [5.41, 5.74) is 1.49. The Morgan fingerprint density at radius 2 is 1.47 bits per heavy atom. The fourth-order valence-electron chi connectivity index (χ4n) is 2.62. The predicted molar refractivity (Wildman–Crippen MR) is 91.2 cm³/mol. The summed E-state index contributed by atoms with van der Waals surface area (Å²) >= 11 is 0. The maximum absolute atomic E-state index is 2.34. The van der Waals surface area contributed by atoms with Gasteiger partial charge in [-0.05, 0) is 52.1 Å². The minimum atomic E-state index is 0. The van der Waals surface area contributed by atoms with Crippen molar-refractivity contribution in [2.75, 3.05) is 0 Å². The molecule has 0 spiro atoms. The predicted octanol–water partition coefficient (Wildman–Crippen LogP) is 5.39. The molecule has 1 unspecified atom stereocenters. The van der Waals surface area contributed by atoms with Crippen molar-refractivity contribution in [3.63, 3.8) is 0 Å². The maximum Gasteiger partial charge on any atom is -0.0146 e. The lowest BCUT2D eigenvalue weighted by atomic mass is 9.97. The molecular formula is C18H21P. The highest BCUT2D eigenvalue weighted by molar-refractivity contribution is 6.92. The standard InChI is InChI=1S/C18H18.H3P/c1-2-3-7-14-10-6-11-17-12-15-8-4-5-9-16(15)13-18(14)17;/h4-6,8-13H,2-3,7H2,1H3;1H3. The zero-order chi connectivity index (χ0) is 12.4. The molecule has 0 aromatic heterocycles. The average Bonchev–Trinajstić information content (AvgIpc) is 2.43. The van der Waals surface area contributed by atoms with Crippen LogP contribution in [-0.4, -0.2) is 0 Å². The van der Waals surface area contributed by atoms with E-state index in [9.17, 15) is 0 Å². The van der Waals surface area contributed by atoms with Crippen molar-refractivity contribution < 1.29 is 0 Å². The van der Waals surface area contributed by atoms with Gasteiger partial charge in [0.25, 0.3) is 0 Å². The van der Waals surface area contributed by atoms with Gasteiger partial charge in [0.15, 0.2) is 0 Å². The van der Waals surface area contributed by atoms with Crippen molar-refractivity contribution >= 4 is 31.4 Å². The third-order valence-corrected chi connectivity index (χ3v) is 3.64. The van der Waals surface area contributed by atoms with Crippen LogP contribution in [0.3, 0.4) is 0 Å². The lowest BCUT2D eigenvalue weighted by Gasteiger charge is -2.08. The van der Waals surface area contributed by atoms with Crippen molar-refractivity contribution in [1.82, 2.24) is 0 Å². The van der Waals surface area contributed by atoms with Crippen LogP contribution >= 0.6 is 9.90 Å². The van der Waals surface area contributed by atoms with Crippen LogP contribution in [0.1, 0.15) is 25.3 Å². The first-order valence-electron chi connectivity index (χ1n) is 6.79. The number of hydrogen-bond acceptors (Lipinski definition) is 0. The topological polar surface area (TPSA) is 0 Å². The van der Waals surface area contributed by atoms with E-state index >= 15 is 0 Å². The van der Waals surface area contributed by atoms with Crippen LogP contribution in [0.2, 0.25) is 0 Å². The highest BCUT2D eigenvalue weighted by Gasteiger charge is 2.02. The second-order valence-electron chi connectivity index (χ2n) is 4.94. The highest BCUT2D eigenvalue weighted by atomic mass is 31.0. The minimum absolute atomic E-state index is 0. The van der Waals surface area contributed by atoms with E-state index in [1.165, 1.54) is 46.4 Å². The molecule has 19 heavy (non-hydrogen) atoms. The molecule has 0 fully saturated rings. The van der Waals surface area contributed by atoms with Gasteiger partial charge in [-0.2, -0.15) is 9.90 Å². The van der Waals surface area contributed by atoms with Gasteiger partial charge >= 0.3 is 0 Å². The van der Waals surface area contributed by atoms with Gasteiger partial charge in [-0.15, -0.1) is 0 Å². The van der Waals surface area contributed by atoms with Crippen LogP contribution in [-0.2, 0) is 6.42 Å². The van der Waals surface area contributed by atoms with Crippen molar-refractivity contribution in [1.29, 1.82) is 0 Å². The molecule has 0 nitrogen and oxygen atoms in total. The van der Waals surface area contributed by atoms with Gasteiger partial charge in [0.1, 0.15) is 0 Å². The van der Waals surface area contributed by atoms with E-state index in [-0.39, 0.29) is 9.90 Å². The van der Waals surface area contributed by atoms with Crippen LogP contribution in [0.15, 0.2) is 54.6 Å². The Morgan fingerprint density at radius 1 is 0.789 bits per heavy atom. The number of hydrogen-bond donors (Lipinski definition) is 0. The van der Waals surface area contributed by atoms with Gasteiger partial charge in [0.05, 0.1) is 0 Å². The van der Waals surface area contributed by atoms with Crippen molar-refractivity contribution in [3.05, 3.63) is 60.2 Å². The Bertz CT molecular complexity index is 685. The van der Waals surface area contributed by atoms with Crippen LogP contribution < -0.4 is 0 Å². The maximum atomic E-state index is 2.34. The van der Waals surface area contributed by atoms with E-state index in [2.05, 4.69) is 61.5 Å². The molecule has 0 saturated heterocycles. The van der Waals surface area contributed by atoms with Crippen molar-refractivity contribution in [2.45, 2.75) is 26.2 Å². The monoisotopic (exact) mass is 268 g/mol. The molecule has 1 atom stereocenters. The average molecular weight is 268 g/mol. The number of fused-ring (bicyclic) bond motifs is 2. The zero-order valence-electron chi connectivity index (χ0n) is 11.5. The molecule has 0 aliphatic heterocycles. The van der Waals surface area contributed by atoms with Gasteiger partial charge in [-0.25, -0.2) is 0 Å². The van der Waals surface area contributed by atoms with Crippen LogP contribution in [0, 0.1) is 0 Å². The molecule has 3 aromatic rings. The Labute approximate surface area is 118 Å². The second-order valence-corrected chi connectivity index (χ2v) is 4.94. The van der Waals surface area contributed by atoms with E-state index in [0.717, 1.165) is 0 Å². The Morgan fingerprint density at radius 3 is 2.21 bits per heavy atom. The van der Waals surface area contributed by atoms with E-state index in [4.69, 9.17) is 0 Å². The van der Waals surface area contributed by atoms with E-state index in [1.807, 2.05) is 0 Å². The molecule has 0 aliphatic carbocycles. The lowest BCUT2D eigenvalue weighted by molar-refractivity contribution is 0.799. The van der Waals surface area contributed by atoms with Gasteiger partial charge in [0.2, 0.25) is 0 Å². The smallest absolute Gasteiger partial charge is 0.0146 e. The summed E-state index contributed by atoms with van der Waals surface area (Å²) in [6.07, 6.45) is 3.71. The Balaban J connectivity index is 0.00000133. The lowest BCUT2D eigenvalue weighted by Crippen LogP contribution is -1.87. The summed E-state index contributed by atoms with van der Waals surface area (Å²) in [7, 11) is 0. The van der Waals surface area contributed by atoms with Gasteiger partial charge in [0, 0.05) is 0 Å². The molecule has 0 aliphatic rings. The zero-order valence-corrected chi connectivity index (χ0v) is 12.9. The molecule has 3 aromatic carbocycles. The largest absolute Gasteiger partial charge is 0.153 e. The SMILES string of the molecule is CCCCc1cccc2cc3ccccc3cc12.P. The molecule has 0 N–H and O–H groups in total. The summed E-state index contributed by atoms with van der Waals surface area (Å²) in [6, 6.07) is 19.9. The van der Waals surface area contributed by atoms with E-state index in [1.54, 1.807) is 0 Å². The Kier molecular flexibility index (Phi) is 4.56. The minimum Gasteiger partial charge on any atom is -0.153 e. The van der Waals surface area contributed by atoms with Gasteiger partial charge < -0.3 is 0 Å². The quantitative estimate of drug-likeness (QED) is 0.441. The summed E-state index contributed by atoms with van der Waals surface area (Å²) in [6.45, 7) is 2.25. The first-order chi connectivity index (χ1) is 8.88. The number of benzene rings is 3. The Hall–Kier alpha value is -1.39. The normalized spacial score (nSPS) is 10.6. The number of aryl methyl sites for hydroxylation is 1. The van der Waals surface area contributed by atoms with E-state index in [0.29, 0.717) is 0 Å². The molecule has 0 amide bonds. The van der Waals surface area contributed by atoms with Crippen molar-refractivity contribution in [2.24, 2.45) is 0 Å². The highest BCUT2D eigenvalue weighted by Crippen LogP contribution is 2.26. The molecule has 0 heterocycles. The molecule has 0 saturated carbocycles. The molecule has 98 valence electrons. The fraction of sp³-hybridized carbons (Fsp3) is 0.222. The molecule has 1 heteroatoms. The molecule has 0 bridgehead atoms. The van der Waals surface area contributed by atoms with Gasteiger partial charge in [-0.1, -0.05) is 55.8 Å². The third-order valence-electron chi connectivity index (χ3n) is 3.64. The van der Waals surface area contributed by atoms with Crippen molar-refractivity contribution in [3.8, 4) is 0 Å². The van der Waals surface area contributed by atoms with Crippen LogP contribution in [0.25, 0.3) is 21.5 Å². The van der Waals surface area contributed by atoms with E-state index < -0.39 is 0 Å². The molecular weight excluding hydrogens is 247 g/mol. The van der Waals surface area contributed by atoms with Crippen LogP contribution in [0.4, 0.5) is 0 Å². The molecule has 3 rings (SSSR count). The first kappa shape index (κ1) is 14.0.